The van der Waals surface area contributed by atoms with E-state index in [1.165, 1.54) is 4.90 Å². The van der Waals surface area contributed by atoms with Crippen LogP contribution in [0.1, 0.15) is 13.3 Å². The summed E-state index contributed by atoms with van der Waals surface area (Å²) in [4.78, 5) is 13.4. The lowest BCUT2D eigenvalue weighted by molar-refractivity contribution is -0.137. The van der Waals surface area contributed by atoms with E-state index in [1.54, 1.807) is 0 Å². The number of aliphatic hydroxyl groups excluding tert-OH is 1. The average Bonchev–Trinajstić information content (AvgIpc) is 2.40. The van der Waals surface area contributed by atoms with Crippen molar-refractivity contribution in [3.8, 4) is 5.75 Å². The number of carbonyl (C=O) groups excluding carboxylic acids is 1. The molecule has 4 nitrogen and oxygen atoms in total. The van der Waals surface area contributed by atoms with Gasteiger partial charge in [-0.1, -0.05) is 6.92 Å². The van der Waals surface area contributed by atoms with Crippen LogP contribution in [0.4, 0.5) is 8.78 Å². The highest BCUT2D eigenvalue weighted by Crippen LogP contribution is 2.19. The molecule has 1 amide bonds. The quantitative estimate of drug-likeness (QED) is 0.917. The molecule has 2 unspecified atom stereocenters. The minimum Gasteiger partial charge on any atom is -0.481 e. The molecular weight excluding hydrogens is 268 g/mol. The van der Waals surface area contributed by atoms with E-state index in [0.29, 0.717) is 12.6 Å². The molecule has 1 heterocycles. The third kappa shape index (κ3) is 3.45. The van der Waals surface area contributed by atoms with Gasteiger partial charge in [0, 0.05) is 19.2 Å². The van der Waals surface area contributed by atoms with Crippen LogP contribution < -0.4 is 4.74 Å². The lowest BCUT2D eigenvalue weighted by atomic mass is 9.96. The molecule has 1 aromatic rings. The number of halogens is 2. The van der Waals surface area contributed by atoms with Gasteiger partial charge in [-0.2, -0.15) is 0 Å². The Morgan fingerprint density at radius 2 is 2.25 bits per heavy atom. The molecule has 1 N–H and O–H groups in total. The van der Waals surface area contributed by atoms with Crippen LogP contribution in [0.5, 0.6) is 5.75 Å². The number of likely N-dealkylation sites (tertiary alicyclic amines) is 1. The van der Waals surface area contributed by atoms with Gasteiger partial charge in [0.1, 0.15) is 5.82 Å². The molecule has 1 aromatic carbocycles. The lowest BCUT2D eigenvalue weighted by Gasteiger charge is -2.34. The molecule has 1 aliphatic heterocycles. The first-order chi connectivity index (χ1) is 9.47. The van der Waals surface area contributed by atoms with E-state index in [0.717, 1.165) is 18.6 Å². The molecule has 1 fully saturated rings. The Kier molecular flexibility index (Phi) is 4.54. The van der Waals surface area contributed by atoms with Gasteiger partial charge in [0.05, 0.1) is 6.10 Å². The van der Waals surface area contributed by atoms with E-state index < -0.39 is 17.7 Å². The second kappa shape index (κ2) is 6.17. The van der Waals surface area contributed by atoms with Gasteiger partial charge in [0.2, 0.25) is 0 Å². The van der Waals surface area contributed by atoms with Crippen LogP contribution >= 0.6 is 0 Å². The van der Waals surface area contributed by atoms with Gasteiger partial charge < -0.3 is 14.7 Å². The largest absolute Gasteiger partial charge is 0.481 e. The van der Waals surface area contributed by atoms with E-state index in [1.807, 2.05) is 6.92 Å². The molecule has 0 aliphatic carbocycles. The summed E-state index contributed by atoms with van der Waals surface area (Å²) < 4.78 is 31.1. The maximum Gasteiger partial charge on any atom is 0.260 e. The van der Waals surface area contributed by atoms with Crippen molar-refractivity contribution in [1.29, 1.82) is 0 Å². The number of piperidine rings is 1. The second-order valence-corrected chi connectivity index (χ2v) is 5.04. The fraction of sp³-hybridized carbons (Fsp3) is 0.500. The van der Waals surface area contributed by atoms with Crippen molar-refractivity contribution in [3.63, 3.8) is 0 Å². The molecule has 6 heteroatoms. The smallest absolute Gasteiger partial charge is 0.260 e. The zero-order valence-corrected chi connectivity index (χ0v) is 11.2. The van der Waals surface area contributed by atoms with Gasteiger partial charge in [0.25, 0.3) is 5.91 Å². The minimum absolute atomic E-state index is 0.161. The topological polar surface area (TPSA) is 49.8 Å². The van der Waals surface area contributed by atoms with E-state index in [2.05, 4.69) is 0 Å². The average molecular weight is 285 g/mol. The van der Waals surface area contributed by atoms with E-state index in [4.69, 9.17) is 4.74 Å². The number of aliphatic hydroxyl groups is 1. The molecule has 0 saturated carbocycles. The Labute approximate surface area is 116 Å². The number of hydrogen-bond donors (Lipinski definition) is 1. The van der Waals surface area contributed by atoms with Gasteiger partial charge in [0.15, 0.2) is 18.2 Å². The van der Waals surface area contributed by atoms with E-state index in [-0.39, 0.29) is 30.7 Å². The van der Waals surface area contributed by atoms with Crippen LogP contribution in [0.25, 0.3) is 0 Å². The first kappa shape index (κ1) is 14.7. The van der Waals surface area contributed by atoms with Crippen LogP contribution in [0, 0.1) is 17.6 Å². The first-order valence-corrected chi connectivity index (χ1v) is 6.51. The third-order valence-electron chi connectivity index (χ3n) is 3.52. The van der Waals surface area contributed by atoms with Gasteiger partial charge in [-0.05, 0) is 24.5 Å². The molecule has 2 atom stereocenters. The van der Waals surface area contributed by atoms with Crippen molar-refractivity contribution >= 4 is 5.91 Å². The normalized spacial score (nSPS) is 22.7. The van der Waals surface area contributed by atoms with Gasteiger partial charge in [-0.25, -0.2) is 8.78 Å². The van der Waals surface area contributed by atoms with Crippen LogP contribution in [0.2, 0.25) is 0 Å². The molecule has 0 bridgehead atoms. The summed E-state index contributed by atoms with van der Waals surface area (Å²) >= 11 is 0. The van der Waals surface area contributed by atoms with Crippen LogP contribution in [-0.2, 0) is 4.79 Å². The fourth-order valence-corrected chi connectivity index (χ4v) is 2.10. The van der Waals surface area contributed by atoms with Crippen molar-refractivity contribution < 1.29 is 23.4 Å². The van der Waals surface area contributed by atoms with Crippen molar-refractivity contribution in [2.45, 2.75) is 19.4 Å². The molecule has 20 heavy (non-hydrogen) atoms. The predicted molar refractivity (Wildman–Crippen MR) is 68.2 cm³/mol. The summed E-state index contributed by atoms with van der Waals surface area (Å²) in [6.07, 6.45) is 0.174. The summed E-state index contributed by atoms with van der Waals surface area (Å²) in [6, 6.07) is 2.91. The van der Waals surface area contributed by atoms with E-state index in [9.17, 15) is 18.7 Å². The number of amides is 1. The van der Waals surface area contributed by atoms with Gasteiger partial charge in [-0.15, -0.1) is 0 Å². The number of β-amino-alcohol motifs (C(OH)–C–C–N with tert-alkyl or cyclic N) is 1. The molecule has 0 radical (unpaired) electrons. The highest BCUT2D eigenvalue weighted by molar-refractivity contribution is 5.77. The Bertz CT molecular complexity index is 495. The van der Waals surface area contributed by atoms with Gasteiger partial charge in [-0.3, -0.25) is 4.79 Å². The summed E-state index contributed by atoms with van der Waals surface area (Å²) in [6.45, 7) is 2.40. The van der Waals surface area contributed by atoms with Crippen LogP contribution in [-0.4, -0.2) is 41.7 Å². The highest BCUT2D eigenvalue weighted by atomic mass is 19.1. The summed E-state index contributed by atoms with van der Waals surface area (Å²) in [5.74, 6) is -1.86. The van der Waals surface area contributed by atoms with Crippen molar-refractivity contribution in [3.05, 3.63) is 29.8 Å². The number of nitrogens with zero attached hydrogens (tertiary/aromatic N) is 1. The van der Waals surface area contributed by atoms with Crippen molar-refractivity contribution in [1.82, 2.24) is 4.90 Å². The molecule has 1 aliphatic rings. The fourth-order valence-electron chi connectivity index (χ4n) is 2.10. The molecular formula is C14H17F2NO3. The predicted octanol–water partition coefficient (Wildman–Crippen LogP) is 1.57. The Hall–Kier alpha value is -1.69. The second-order valence-electron chi connectivity index (χ2n) is 5.04. The van der Waals surface area contributed by atoms with Crippen LogP contribution in [0.15, 0.2) is 18.2 Å². The summed E-state index contributed by atoms with van der Waals surface area (Å²) in [5, 5.41) is 9.72. The Morgan fingerprint density at radius 1 is 1.50 bits per heavy atom. The third-order valence-corrected chi connectivity index (χ3v) is 3.52. The van der Waals surface area contributed by atoms with Crippen LogP contribution in [0.3, 0.4) is 0 Å². The van der Waals surface area contributed by atoms with Crippen molar-refractivity contribution in [2.75, 3.05) is 19.7 Å². The molecule has 1 saturated heterocycles. The number of hydrogen-bond acceptors (Lipinski definition) is 3. The number of rotatable bonds is 3. The Balaban J connectivity index is 1.89. The van der Waals surface area contributed by atoms with E-state index >= 15 is 0 Å². The maximum atomic E-state index is 13.3. The number of carbonyl (C=O) groups is 1. The zero-order valence-electron chi connectivity index (χ0n) is 11.2. The van der Waals surface area contributed by atoms with Crippen molar-refractivity contribution in [2.24, 2.45) is 5.92 Å². The zero-order chi connectivity index (χ0) is 14.7. The first-order valence-electron chi connectivity index (χ1n) is 6.51. The standard InChI is InChI=1S/C14H17F2NO3/c1-9-4-5-17(7-12(9)18)14(19)8-20-13-3-2-10(15)6-11(13)16/h2-3,6,9,12,18H,4-5,7-8H2,1H3. The molecule has 110 valence electrons. The molecule has 0 spiro atoms. The summed E-state index contributed by atoms with van der Waals surface area (Å²) in [7, 11) is 0. The van der Waals surface area contributed by atoms with Gasteiger partial charge >= 0.3 is 0 Å². The number of benzene rings is 1. The number of ether oxygens (including phenoxy) is 1. The maximum absolute atomic E-state index is 13.3. The highest BCUT2D eigenvalue weighted by Gasteiger charge is 2.27. The monoisotopic (exact) mass is 285 g/mol. The molecule has 2 rings (SSSR count). The SMILES string of the molecule is CC1CCN(C(=O)COc2ccc(F)cc2F)CC1O. The lowest BCUT2D eigenvalue weighted by Crippen LogP contribution is -2.47. The Morgan fingerprint density at radius 3 is 2.90 bits per heavy atom. The summed E-state index contributed by atoms with van der Waals surface area (Å²) in [5.41, 5.74) is 0. The molecule has 0 aromatic heterocycles. The minimum atomic E-state index is -0.842.